The number of aryl methyl sites for hydroxylation is 1. The van der Waals surface area contributed by atoms with Gasteiger partial charge in [-0.15, -0.1) is 0 Å². The second-order valence-corrected chi connectivity index (χ2v) is 9.47. The van der Waals surface area contributed by atoms with Gasteiger partial charge in [0.1, 0.15) is 0 Å². The molecule has 2 aromatic carbocycles. The topological polar surface area (TPSA) is 87.5 Å². The van der Waals surface area contributed by atoms with Crippen LogP contribution in [-0.2, 0) is 16.0 Å². The van der Waals surface area contributed by atoms with E-state index in [9.17, 15) is 14.4 Å². The van der Waals surface area contributed by atoms with Gasteiger partial charge in [-0.3, -0.25) is 14.2 Å². The zero-order valence-corrected chi connectivity index (χ0v) is 19.7. The Bertz CT molecular complexity index is 1250. The van der Waals surface area contributed by atoms with Gasteiger partial charge in [0, 0.05) is 12.2 Å². The van der Waals surface area contributed by atoms with Crippen LogP contribution in [0.25, 0.3) is 10.9 Å². The predicted molar refractivity (Wildman–Crippen MR) is 127 cm³/mol. The molecule has 0 amide bonds. The Morgan fingerprint density at radius 3 is 2.61 bits per heavy atom. The molecule has 1 fully saturated rings. The summed E-state index contributed by atoms with van der Waals surface area (Å²) in [5.41, 5.74) is 2.18. The fraction of sp³-hybridized carbons (Fsp3) is 0.360. The summed E-state index contributed by atoms with van der Waals surface area (Å²) < 4.78 is 12.1. The minimum atomic E-state index is -0.501. The molecule has 0 spiro atoms. The second kappa shape index (κ2) is 9.89. The minimum absolute atomic E-state index is 0.0404. The normalized spacial score (nSPS) is 16.6. The molecule has 1 aliphatic heterocycles. The van der Waals surface area contributed by atoms with Crippen molar-refractivity contribution in [2.45, 2.75) is 49.7 Å². The molecule has 0 radical (unpaired) electrons. The Hall–Kier alpha value is -2.97. The smallest absolute Gasteiger partial charge is 0.337 e. The van der Waals surface area contributed by atoms with Crippen molar-refractivity contribution in [2.75, 3.05) is 13.7 Å². The molecular weight excluding hydrogens is 440 g/mol. The van der Waals surface area contributed by atoms with Gasteiger partial charge in [0.15, 0.2) is 10.9 Å². The number of nitrogens with zero attached hydrogens (tertiary/aromatic N) is 2. The van der Waals surface area contributed by atoms with Crippen molar-refractivity contribution in [3.8, 4) is 0 Å². The van der Waals surface area contributed by atoms with Crippen molar-refractivity contribution in [1.29, 1.82) is 0 Å². The number of fused-ring (bicyclic) bond motifs is 1. The molecule has 0 saturated carbocycles. The highest BCUT2D eigenvalue weighted by Crippen LogP contribution is 2.27. The number of rotatable bonds is 7. The van der Waals surface area contributed by atoms with Crippen LogP contribution in [0.3, 0.4) is 0 Å². The van der Waals surface area contributed by atoms with E-state index < -0.39 is 11.2 Å². The highest BCUT2D eigenvalue weighted by Gasteiger charge is 2.24. The van der Waals surface area contributed by atoms with Crippen LogP contribution in [0.15, 0.2) is 52.4 Å². The molecule has 0 aliphatic carbocycles. The first-order valence-electron chi connectivity index (χ1n) is 10.9. The molecule has 33 heavy (non-hydrogen) atoms. The molecule has 2 heterocycles. The summed E-state index contributed by atoms with van der Waals surface area (Å²) in [6, 6.07) is 12.1. The lowest BCUT2D eigenvalue weighted by molar-refractivity contribution is 0.0600. The van der Waals surface area contributed by atoms with Crippen LogP contribution >= 0.6 is 11.8 Å². The molecule has 0 bridgehead atoms. The summed E-state index contributed by atoms with van der Waals surface area (Å²) in [5, 5.41) is 0.372. The summed E-state index contributed by atoms with van der Waals surface area (Å²) >= 11 is 1.24. The number of ketones is 1. The Labute approximate surface area is 196 Å². The molecule has 3 aromatic rings. The number of esters is 1. The molecule has 2 atom stereocenters. The monoisotopic (exact) mass is 466 g/mol. The summed E-state index contributed by atoms with van der Waals surface area (Å²) in [7, 11) is 1.30. The fourth-order valence-corrected chi connectivity index (χ4v) is 4.85. The third kappa shape index (κ3) is 5.02. The van der Waals surface area contributed by atoms with Gasteiger partial charge in [-0.1, -0.05) is 41.6 Å². The third-order valence-corrected chi connectivity index (χ3v) is 6.83. The number of aromatic nitrogens is 2. The largest absolute Gasteiger partial charge is 0.465 e. The lowest BCUT2D eigenvalue weighted by atomic mass is 10.1. The standard InChI is InChI=1S/C25H26N2O5S/c1-15-6-8-17(9-7-15)22(28)16(2)33-25-26-21-13-18(24(30)31-3)10-11-20(21)23(29)27(25)14-19-5-4-12-32-19/h6-11,13,16,19H,4-5,12,14H2,1-3H3. The first-order chi connectivity index (χ1) is 15.9. The van der Waals surface area contributed by atoms with Crippen LogP contribution in [0.2, 0.25) is 0 Å². The predicted octanol–water partition coefficient (Wildman–Crippen LogP) is 4.03. The van der Waals surface area contributed by atoms with Crippen LogP contribution in [0.4, 0.5) is 0 Å². The highest BCUT2D eigenvalue weighted by atomic mass is 32.2. The van der Waals surface area contributed by atoms with Gasteiger partial charge in [-0.05, 0) is 44.9 Å². The zero-order chi connectivity index (χ0) is 23.5. The molecule has 1 saturated heterocycles. The molecule has 172 valence electrons. The van der Waals surface area contributed by atoms with Crippen molar-refractivity contribution in [3.63, 3.8) is 0 Å². The maximum absolute atomic E-state index is 13.4. The molecule has 4 rings (SSSR count). The second-order valence-electron chi connectivity index (χ2n) is 8.16. The van der Waals surface area contributed by atoms with Gasteiger partial charge in [0.25, 0.3) is 5.56 Å². The molecule has 8 heteroatoms. The van der Waals surface area contributed by atoms with Gasteiger partial charge < -0.3 is 9.47 Å². The quantitative estimate of drug-likeness (QED) is 0.225. The highest BCUT2D eigenvalue weighted by molar-refractivity contribution is 8.00. The van der Waals surface area contributed by atoms with Crippen LogP contribution < -0.4 is 5.56 Å². The number of hydrogen-bond donors (Lipinski definition) is 0. The van der Waals surface area contributed by atoms with E-state index in [1.165, 1.54) is 18.9 Å². The van der Waals surface area contributed by atoms with Crippen molar-refractivity contribution >= 4 is 34.4 Å². The number of carbonyl (C=O) groups excluding carboxylic acids is 2. The van der Waals surface area contributed by atoms with Crippen molar-refractivity contribution in [2.24, 2.45) is 0 Å². The Morgan fingerprint density at radius 1 is 1.21 bits per heavy atom. The molecular formula is C25H26N2O5S. The van der Waals surface area contributed by atoms with E-state index >= 15 is 0 Å². The fourth-order valence-electron chi connectivity index (χ4n) is 3.85. The molecule has 2 unspecified atom stereocenters. The van der Waals surface area contributed by atoms with Crippen LogP contribution in [-0.4, -0.2) is 46.4 Å². The Morgan fingerprint density at radius 2 is 1.94 bits per heavy atom. The molecule has 7 nitrogen and oxygen atoms in total. The van der Waals surface area contributed by atoms with E-state index in [2.05, 4.69) is 0 Å². The van der Waals surface area contributed by atoms with E-state index in [1.807, 2.05) is 38.1 Å². The summed E-state index contributed by atoms with van der Waals surface area (Å²) in [5.74, 6) is -0.541. The maximum atomic E-state index is 13.4. The van der Waals surface area contributed by atoms with Gasteiger partial charge in [-0.25, -0.2) is 9.78 Å². The molecule has 0 N–H and O–H groups in total. The number of hydrogen-bond acceptors (Lipinski definition) is 7. The van der Waals surface area contributed by atoms with Gasteiger partial charge >= 0.3 is 5.97 Å². The Kier molecular flexibility index (Phi) is 6.95. The van der Waals surface area contributed by atoms with Gasteiger partial charge in [-0.2, -0.15) is 0 Å². The summed E-state index contributed by atoms with van der Waals surface area (Å²) in [6.07, 6.45) is 1.75. The van der Waals surface area contributed by atoms with Crippen molar-refractivity contribution in [1.82, 2.24) is 9.55 Å². The average molecular weight is 467 g/mol. The Balaban J connectivity index is 1.73. The third-order valence-electron chi connectivity index (χ3n) is 5.74. The van der Waals surface area contributed by atoms with Gasteiger partial charge in [0.05, 0.1) is 41.5 Å². The number of methoxy groups -OCH3 is 1. The number of Topliss-reactive ketones (excluding diaryl/α,β-unsaturated/α-hetero) is 1. The zero-order valence-electron chi connectivity index (χ0n) is 18.9. The summed E-state index contributed by atoms with van der Waals surface area (Å²) in [4.78, 5) is 43.1. The first-order valence-corrected chi connectivity index (χ1v) is 11.8. The van der Waals surface area contributed by atoms with Crippen molar-refractivity contribution < 1.29 is 19.1 Å². The summed E-state index contributed by atoms with van der Waals surface area (Å²) in [6.45, 7) is 4.82. The average Bonchev–Trinajstić information content (AvgIpc) is 3.34. The SMILES string of the molecule is COC(=O)c1ccc2c(=O)n(CC3CCCO3)c(SC(C)C(=O)c3ccc(C)cc3)nc2c1. The first kappa shape index (κ1) is 23.2. The lowest BCUT2D eigenvalue weighted by Crippen LogP contribution is -2.29. The van der Waals surface area contributed by atoms with E-state index in [1.54, 1.807) is 22.8 Å². The maximum Gasteiger partial charge on any atom is 0.337 e. The minimum Gasteiger partial charge on any atom is -0.465 e. The van der Waals surface area contributed by atoms with Crippen LogP contribution in [0.1, 0.15) is 46.0 Å². The lowest BCUT2D eigenvalue weighted by Gasteiger charge is -2.18. The molecule has 1 aromatic heterocycles. The number of carbonyl (C=O) groups is 2. The van der Waals surface area contributed by atoms with E-state index in [0.29, 0.717) is 40.3 Å². The van der Waals surface area contributed by atoms with Gasteiger partial charge in [0.2, 0.25) is 0 Å². The van der Waals surface area contributed by atoms with E-state index in [-0.39, 0.29) is 17.4 Å². The van der Waals surface area contributed by atoms with Crippen LogP contribution in [0, 0.1) is 6.92 Å². The van der Waals surface area contributed by atoms with Crippen molar-refractivity contribution in [3.05, 3.63) is 69.5 Å². The number of benzene rings is 2. The van der Waals surface area contributed by atoms with E-state index in [0.717, 1.165) is 18.4 Å². The van der Waals surface area contributed by atoms with E-state index in [4.69, 9.17) is 14.5 Å². The number of thioether (sulfide) groups is 1. The number of ether oxygens (including phenoxy) is 2. The molecule has 1 aliphatic rings. The van der Waals surface area contributed by atoms with Crippen LogP contribution in [0.5, 0.6) is 0 Å².